The topological polar surface area (TPSA) is 305 Å². The molecule has 1 aromatic rings. The summed E-state index contributed by atoms with van der Waals surface area (Å²) in [5.41, 5.74) is 5.47. The minimum Gasteiger partial charge on any atom is -0.480 e. The lowest BCUT2D eigenvalue weighted by Gasteiger charge is -2.24. The molecule has 20 nitrogen and oxygen atoms in total. The van der Waals surface area contributed by atoms with Crippen LogP contribution in [-0.2, 0) is 49.5 Å². The zero-order valence-electron chi connectivity index (χ0n) is 32.0. The first-order valence-electron chi connectivity index (χ1n) is 17.7. The van der Waals surface area contributed by atoms with Crippen molar-refractivity contribution < 1.29 is 53.0 Å². The molecule has 0 spiro atoms. The van der Waals surface area contributed by atoms with Crippen LogP contribution in [-0.4, -0.2) is 121 Å². The number of hydrogen-bond donors (Lipinski definition) is 10. The fourth-order valence-electron chi connectivity index (χ4n) is 4.56. The fourth-order valence-corrected chi connectivity index (χ4v) is 4.56. The normalized spacial score (nSPS) is 13.6. The second-order valence-corrected chi connectivity index (χ2v) is 13.6. The van der Waals surface area contributed by atoms with Gasteiger partial charge >= 0.3 is 12.1 Å². The Morgan fingerprint density at radius 3 is 1.78 bits per heavy atom. The van der Waals surface area contributed by atoms with Crippen LogP contribution in [0.4, 0.5) is 4.79 Å². The van der Waals surface area contributed by atoms with Crippen LogP contribution < -0.4 is 48.3 Å². The summed E-state index contributed by atoms with van der Waals surface area (Å²) in [7, 11) is 0. The molecular weight excluding hydrogens is 722 g/mol. The molecule has 306 valence electrons. The number of carbonyl (C=O) groups excluding carboxylic acids is 8. The van der Waals surface area contributed by atoms with Gasteiger partial charge in [0.15, 0.2) is 0 Å². The molecule has 0 aliphatic carbocycles. The summed E-state index contributed by atoms with van der Waals surface area (Å²) in [6, 6.07) is 3.22. The SMILES string of the molecule is C[C@H](NC(=O)CNC(=O)CNC(=O)[C@H](Cc1ccccc1)NC(=O)OC(C)(C)C)C(=O)N[C@@H](C)C(=O)N[C@@H](CCCCN)C(=O)N[C@@H](C)C(=O)NCC(=O)O. The van der Waals surface area contributed by atoms with Crippen molar-refractivity contribution in [1.82, 2.24) is 42.5 Å². The number of unbranched alkanes of at least 4 members (excludes halogenated alkanes) is 1. The van der Waals surface area contributed by atoms with Gasteiger partial charge < -0.3 is 58.1 Å². The predicted molar refractivity (Wildman–Crippen MR) is 198 cm³/mol. The number of carbonyl (C=O) groups is 9. The summed E-state index contributed by atoms with van der Waals surface area (Å²) in [6.45, 7) is 7.63. The van der Waals surface area contributed by atoms with E-state index in [0.29, 0.717) is 19.4 Å². The Morgan fingerprint density at radius 1 is 0.636 bits per heavy atom. The van der Waals surface area contributed by atoms with Crippen molar-refractivity contribution in [2.75, 3.05) is 26.2 Å². The van der Waals surface area contributed by atoms with E-state index in [1.807, 2.05) is 0 Å². The summed E-state index contributed by atoms with van der Waals surface area (Å²) < 4.78 is 5.25. The Labute approximate surface area is 319 Å². The number of amides is 8. The van der Waals surface area contributed by atoms with Crippen molar-refractivity contribution in [3.8, 4) is 0 Å². The van der Waals surface area contributed by atoms with E-state index in [2.05, 4.69) is 42.5 Å². The zero-order valence-corrected chi connectivity index (χ0v) is 32.0. The minimum atomic E-state index is -1.27. The van der Waals surface area contributed by atoms with E-state index in [-0.39, 0.29) is 12.8 Å². The van der Waals surface area contributed by atoms with E-state index in [4.69, 9.17) is 15.6 Å². The highest BCUT2D eigenvalue weighted by Crippen LogP contribution is 2.09. The average Bonchev–Trinajstić information content (AvgIpc) is 3.10. The molecule has 0 aliphatic heterocycles. The lowest BCUT2D eigenvalue weighted by Crippen LogP contribution is -2.57. The smallest absolute Gasteiger partial charge is 0.408 e. The number of rotatable bonds is 22. The lowest BCUT2D eigenvalue weighted by atomic mass is 10.1. The van der Waals surface area contributed by atoms with Gasteiger partial charge in [-0.3, -0.25) is 38.4 Å². The molecule has 0 bridgehead atoms. The van der Waals surface area contributed by atoms with Gasteiger partial charge in [0.2, 0.25) is 41.4 Å². The molecule has 8 amide bonds. The van der Waals surface area contributed by atoms with Crippen LogP contribution in [0.25, 0.3) is 0 Å². The Kier molecular flexibility index (Phi) is 20.4. The van der Waals surface area contributed by atoms with Crippen LogP contribution in [0.1, 0.15) is 66.4 Å². The largest absolute Gasteiger partial charge is 0.480 e. The first-order chi connectivity index (χ1) is 25.7. The second-order valence-electron chi connectivity index (χ2n) is 13.6. The molecule has 0 radical (unpaired) electrons. The van der Waals surface area contributed by atoms with Gasteiger partial charge in [0.05, 0.1) is 13.1 Å². The maximum absolute atomic E-state index is 12.9. The summed E-state index contributed by atoms with van der Waals surface area (Å²) >= 11 is 0. The van der Waals surface area contributed by atoms with Gasteiger partial charge in [0, 0.05) is 6.42 Å². The van der Waals surface area contributed by atoms with Crippen LogP contribution in [0, 0.1) is 0 Å². The molecule has 0 fully saturated rings. The number of hydrogen-bond acceptors (Lipinski definition) is 11. The van der Waals surface area contributed by atoms with Crippen molar-refractivity contribution in [3.63, 3.8) is 0 Å². The Balaban J connectivity index is 2.65. The summed E-state index contributed by atoms with van der Waals surface area (Å²) in [6.07, 6.45) is 0.421. The van der Waals surface area contributed by atoms with Gasteiger partial charge in [0.1, 0.15) is 42.4 Å². The van der Waals surface area contributed by atoms with E-state index in [0.717, 1.165) is 5.56 Å². The third-order valence-electron chi connectivity index (χ3n) is 7.43. The quantitative estimate of drug-likeness (QED) is 0.0556. The standard InChI is InChI=1S/C35H55N9O11/c1-20(29(49)39-19-28(47)48)42-33(53)24(14-10-11-15-36)43-31(51)22(3)41-30(50)21(2)40-27(46)18-37-26(45)17-38-32(52)25(16-23-12-8-7-9-13-23)44-34(54)55-35(4,5)6/h7-9,12-13,20-22,24-25H,10-11,14-19,36H2,1-6H3,(H,37,45)(H,38,52)(H,39,49)(H,40,46)(H,41,50)(H,42,53)(H,43,51)(H,44,54)(H,47,48)/t20-,21-,22-,24-,25-/m0/s1. The van der Waals surface area contributed by atoms with Crippen LogP contribution in [0.15, 0.2) is 30.3 Å². The Bertz CT molecular complexity index is 1500. The third-order valence-corrected chi connectivity index (χ3v) is 7.43. The summed E-state index contributed by atoms with van der Waals surface area (Å²) in [5, 5.41) is 27.9. The highest BCUT2D eigenvalue weighted by atomic mass is 16.6. The molecule has 1 rings (SSSR count). The number of nitrogens with one attached hydrogen (secondary N) is 8. The highest BCUT2D eigenvalue weighted by Gasteiger charge is 2.28. The fraction of sp³-hybridized carbons (Fsp3) is 0.571. The average molecular weight is 778 g/mol. The molecule has 0 aromatic heterocycles. The number of benzene rings is 1. The van der Waals surface area contributed by atoms with Crippen molar-refractivity contribution in [2.24, 2.45) is 5.73 Å². The first-order valence-corrected chi connectivity index (χ1v) is 17.7. The maximum atomic E-state index is 12.9. The van der Waals surface area contributed by atoms with Gasteiger partial charge in [-0.05, 0) is 72.9 Å². The number of nitrogens with two attached hydrogens (primary N) is 1. The number of carboxylic acids is 1. The van der Waals surface area contributed by atoms with E-state index in [1.165, 1.54) is 20.8 Å². The van der Waals surface area contributed by atoms with E-state index < -0.39 is 109 Å². The summed E-state index contributed by atoms with van der Waals surface area (Å²) in [5.74, 6) is -6.40. The number of carboxylic acid groups (broad SMARTS) is 1. The number of ether oxygens (including phenoxy) is 1. The molecule has 0 saturated carbocycles. The Hall–Kier alpha value is -5.79. The number of alkyl carbamates (subject to hydrolysis) is 1. The first kappa shape index (κ1) is 47.2. The monoisotopic (exact) mass is 777 g/mol. The maximum Gasteiger partial charge on any atom is 0.408 e. The molecule has 55 heavy (non-hydrogen) atoms. The van der Waals surface area contributed by atoms with Gasteiger partial charge in [0.25, 0.3) is 0 Å². The molecule has 20 heteroatoms. The van der Waals surface area contributed by atoms with Gasteiger partial charge in [-0.2, -0.15) is 0 Å². The van der Waals surface area contributed by atoms with Crippen LogP contribution in [0.3, 0.4) is 0 Å². The molecule has 5 atom stereocenters. The van der Waals surface area contributed by atoms with Crippen LogP contribution in [0.5, 0.6) is 0 Å². The van der Waals surface area contributed by atoms with E-state index in [9.17, 15) is 43.2 Å². The van der Waals surface area contributed by atoms with Crippen LogP contribution >= 0.6 is 0 Å². The third kappa shape index (κ3) is 20.3. The molecule has 0 unspecified atom stereocenters. The van der Waals surface area contributed by atoms with Crippen LogP contribution in [0.2, 0.25) is 0 Å². The molecule has 0 aliphatic rings. The zero-order chi connectivity index (χ0) is 41.7. The van der Waals surface area contributed by atoms with Crippen molar-refractivity contribution in [1.29, 1.82) is 0 Å². The van der Waals surface area contributed by atoms with Crippen molar-refractivity contribution in [2.45, 2.75) is 103 Å². The molecule has 0 heterocycles. The van der Waals surface area contributed by atoms with Gasteiger partial charge in [-0.25, -0.2) is 4.79 Å². The highest BCUT2D eigenvalue weighted by molar-refractivity contribution is 5.96. The number of aliphatic carboxylic acids is 1. The van der Waals surface area contributed by atoms with Crippen molar-refractivity contribution >= 4 is 53.4 Å². The second kappa shape index (κ2) is 23.8. The van der Waals surface area contributed by atoms with E-state index >= 15 is 0 Å². The minimum absolute atomic E-state index is 0.109. The Morgan fingerprint density at radius 2 is 1.18 bits per heavy atom. The van der Waals surface area contributed by atoms with E-state index in [1.54, 1.807) is 51.1 Å². The summed E-state index contributed by atoms with van der Waals surface area (Å²) in [4.78, 5) is 112. The predicted octanol–water partition coefficient (Wildman–Crippen LogP) is -2.32. The molecular formula is C35H55N9O11. The molecule has 0 saturated heterocycles. The van der Waals surface area contributed by atoms with Crippen molar-refractivity contribution in [3.05, 3.63) is 35.9 Å². The van der Waals surface area contributed by atoms with Gasteiger partial charge in [-0.15, -0.1) is 0 Å². The molecule has 11 N–H and O–H groups in total. The molecule has 1 aromatic carbocycles. The lowest BCUT2D eigenvalue weighted by molar-refractivity contribution is -0.138. The van der Waals surface area contributed by atoms with Gasteiger partial charge in [-0.1, -0.05) is 30.3 Å².